The van der Waals surface area contributed by atoms with Crippen molar-refractivity contribution in [3.05, 3.63) is 48.0 Å². The largest absolute Gasteiger partial charge is 0.497 e. The summed E-state index contributed by atoms with van der Waals surface area (Å²) in [7, 11) is 1.60. The first-order valence-corrected chi connectivity index (χ1v) is 5.95. The smallest absolute Gasteiger partial charge is 0.335 e. The van der Waals surface area contributed by atoms with Gasteiger partial charge in [0.25, 0.3) is 0 Å². The highest BCUT2D eigenvalue weighted by molar-refractivity contribution is 5.92. The van der Waals surface area contributed by atoms with Gasteiger partial charge in [0.15, 0.2) is 5.58 Å². The van der Waals surface area contributed by atoms with Crippen LogP contribution < -0.4 is 4.74 Å². The number of carboxylic acids is 1. The monoisotopic (exact) mass is 269 g/mol. The number of aromatic nitrogens is 1. The fourth-order valence-electron chi connectivity index (χ4n) is 1.91. The molecule has 0 radical (unpaired) electrons. The maximum absolute atomic E-state index is 10.9. The van der Waals surface area contributed by atoms with Gasteiger partial charge in [-0.15, -0.1) is 0 Å². The first-order chi connectivity index (χ1) is 9.67. The maximum atomic E-state index is 10.9. The van der Waals surface area contributed by atoms with Crippen molar-refractivity contribution in [2.45, 2.75) is 0 Å². The van der Waals surface area contributed by atoms with Crippen LogP contribution in [0.15, 0.2) is 46.9 Å². The lowest BCUT2D eigenvalue weighted by Gasteiger charge is -1.99. The summed E-state index contributed by atoms with van der Waals surface area (Å²) in [6.45, 7) is 0. The van der Waals surface area contributed by atoms with Gasteiger partial charge in [0, 0.05) is 5.56 Å². The summed E-state index contributed by atoms with van der Waals surface area (Å²) >= 11 is 0. The molecule has 0 aliphatic rings. The Kier molecular flexibility index (Phi) is 2.87. The number of hydrogen-bond donors (Lipinski definition) is 1. The molecule has 1 aromatic heterocycles. The zero-order valence-electron chi connectivity index (χ0n) is 10.7. The Bertz CT molecular complexity index is 774. The van der Waals surface area contributed by atoms with E-state index in [1.54, 1.807) is 13.2 Å². The Morgan fingerprint density at radius 3 is 2.60 bits per heavy atom. The average molecular weight is 269 g/mol. The number of fused-ring (bicyclic) bond motifs is 1. The highest BCUT2D eigenvalue weighted by Crippen LogP contribution is 2.26. The second-order valence-corrected chi connectivity index (χ2v) is 4.24. The van der Waals surface area contributed by atoms with Crippen molar-refractivity contribution in [1.29, 1.82) is 0 Å². The van der Waals surface area contributed by atoms with Crippen LogP contribution in [0.2, 0.25) is 0 Å². The SMILES string of the molecule is COc1ccc(-c2nc3ccc(C(=O)O)cc3o2)cc1. The number of benzene rings is 2. The second-order valence-electron chi connectivity index (χ2n) is 4.24. The number of hydrogen-bond acceptors (Lipinski definition) is 4. The number of ether oxygens (including phenoxy) is 1. The molecular weight excluding hydrogens is 258 g/mol. The van der Waals surface area contributed by atoms with Gasteiger partial charge in [-0.05, 0) is 42.5 Å². The normalized spacial score (nSPS) is 10.7. The van der Waals surface area contributed by atoms with Crippen molar-refractivity contribution < 1.29 is 19.1 Å². The lowest BCUT2D eigenvalue weighted by atomic mass is 10.2. The van der Waals surface area contributed by atoms with Crippen molar-refractivity contribution in [3.63, 3.8) is 0 Å². The van der Waals surface area contributed by atoms with Gasteiger partial charge in [-0.3, -0.25) is 0 Å². The van der Waals surface area contributed by atoms with Gasteiger partial charge in [0.05, 0.1) is 12.7 Å². The Hall–Kier alpha value is -2.82. The molecule has 20 heavy (non-hydrogen) atoms. The summed E-state index contributed by atoms with van der Waals surface area (Å²) < 4.78 is 10.7. The number of nitrogens with zero attached hydrogens (tertiary/aromatic N) is 1. The van der Waals surface area contributed by atoms with Gasteiger partial charge in [-0.2, -0.15) is 0 Å². The predicted molar refractivity (Wildman–Crippen MR) is 73.0 cm³/mol. The second kappa shape index (κ2) is 4.70. The molecule has 0 saturated carbocycles. The van der Waals surface area contributed by atoms with E-state index in [4.69, 9.17) is 14.3 Å². The van der Waals surface area contributed by atoms with E-state index in [9.17, 15) is 4.79 Å². The number of carbonyl (C=O) groups is 1. The van der Waals surface area contributed by atoms with Crippen molar-refractivity contribution in [3.8, 4) is 17.2 Å². The third-order valence-electron chi connectivity index (χ3n) is 2.97. The number of carboxylic acid groups (broad SMARTS) is 1. The molecule has 0 fully saturated rings. The Labute approximate surface area is 114 Å². The van der Waals surface area contributed by atoms with Crippen LogP contribution in [0.4, 0.5) is 0 Å². The van der Waals surface area contributed by atoms with Crippen molar-refractivity contribution in [1.82, 2.24) is 4.98 Å². The van der Waals surface area contributed by atoms with Crippen LogP contribution in [0.25, 0.3) is 22.6 Å². The minimum Gasteiger partial charge on any atom is -0.497 e. The quantitative estimate of drug-likeness (QED) is 0.790. The van der Waals surface area contributed by atoms with Gasteiger partial charge in [-0.25, -0.2) is 9.78 Å². The van der Waals surface area contributed by atoms with E-state index >= 15 is 0 Å². The Morgan fingerprint density at radius 2 is 1.95 bits per heavy atom. The predicted octanol–water partition coefficient (Wildman–Crippen LogP) is 3.20. The summed E-state index contributed by atoms with van der Waals surface area (Å²) in [5.41, 5.74) is 2.06. The summed E-state index contributed by atoms with van der Waals surface area (Å²) in [5, 5.41) is 8.95. The van der Waals surface area contributed by atoms with Crippen LogP contribution in [0, 0.1) is 0 Å². The summed E-state index contributed by atoms with van der Waals surface area (Å²) in [5.74, 6) is 0.206. The van der Waals surface area contributed by atoms with Gasteiger partial charge in [0.2, 0.25) is 5.89 Å². The summed E-state index contributed by atoms with van der Waals surface area (Å²) in [6, 6.07) is 11.9. The topological polar surface area (TPSA) is 72.6 Å². The lowest BCUT2D eigenvalue weighted by molar-refractivity contribution is 0.0697. The fraction of sp³-hybridized carbons (Fsp3) is 0.0667. The molecule has 0 aliphatic carbocycles. The van der Waals surface area contributed by atoms with E-state index in [1.807, 2.05) is 24.3 Å². The molecule has 0 atom stereocenters. The summed E-state index contributed by atoms with van der Waals surface area (Å²) in [6.07, 6.45) is 0. The molecule has 0 unspecified atom stereocenters. The third-order valence-corrected chi connectivity index (χ3v) is 2.97. The van der Waals surface area contributed by atoms with E-state index in [0.717, 1.165) is 11.3 Å². The van der Waals surface area contributed by atoms with E-state index in [0.29, 0.717) is 17.0 Å². The maximum Gasteiger partial charge on any atom is 0.335 e. The number of methoxy groups -OCH3 is 1. The molecular formula is C15H11NO4. The minimum atomic E-state index is -0.991. The van der Waals surface area contributed by atoms with Gasteiger partial charge >= 0.3 is 5.97 Å². The lowest BCUT2D eigenvalue weighted by Crippen LogP contribution is -1.94. The zero-order valence-corrected chi connectivity index (χ0v) is 10.7. The third kappa shape index (κ3) is 2.09. The fourth-order valence-corrected chi connectivity index (χ4v) is 1.91. The summed E-state index contributed by atoms with van der Waals surface area (Å²) in [4.78, 5) is 15.3. The molecule has 0 saturated heterocycles. The van der Waals surface area contributed by atoms with Gasteiger partial charge < -0.3 is 14.3 Å². The first kappa shape index (κ1) is 12.2. The molecule has 5 nitrogen and oxygen atoms in total. The molecule has 2 aromatic carbocycles. The van der Waals surface area contributed by atoms with Gasteiger partial charge in [0.1, 0.15) is 11.3 Å². The molecule has 5 heteroatoms. The van der Waals surface area contributed by atoms with E-state index in [2.05, 4.69) is 4.98 Å². The van der Waals surface area contributed by atoms with Crippen molar-refractivity contribution in [2.24, 2.45) is 0 Å². The number of aromatic carboxylic acids is 1. The number of rotatable bonds is 3. The Morgan fingerprint density at radius 1 is 1.20 bits per heavy atom. The molecule has 0 amide bonds. The average Bonchev–Trinajstić information content (AvgIpc) is 2.90. The van der Waals surface area contributed by atoms with Crippen LogP contribution in [0.5, 0.6) is 5.75 Å². The molecule has 1 heterocycles. The van der Waals surface area contributed by atoms with Crippen LogP contribution >= 0.6 is 0 Å². The first-order valence-electron chi connectivity index (χ1n) is 5.95. The Balaban J connectivity index is 2.05. The van der Waals surface area contributed by atoms with E-state index < -0.39 is 5.97 Å². The van der Waals surface area contributed by atoms with Crippen LogP contribution in [-0.2, 0) is 0 Å². The molecule has 0 aliphatic heterocycles. The van der Waals surface area contributed by atoms with E-state index in [1.165, 1.54) is 12.1 Å². The standard InChI is InChI=1S/C15H11NO4/c1-19-11-5-2-9(3-6-11)14-16-12-7-4-10(15(17)18)8-13(12)20-14/h2-8H,1H3,(H,17,18). The van der Waals surface area contributed by atoms with Crippen LogP contribution in [0.3, 0.4) is 0 Å². The minimum absolute atomic E-state index is 0.176. The van der Waals surface area contributed by atoms with E-state index in [-0.39, 0.29) is 5.56 Å². The molecule has 3 rings (SSSR count). The van der Waals surface area contributed by atoms with Crippen LogP contribution in [0.1, 0.15) is 10.4 Å². The highest BCUT2D eigenvalue weighted by Gasteiger charge is 2.11. The molecule has 0 bridgehead atoms. The highest BCUT2D eigenvalue weighted by atomic mass is 16.5. The van der Waals surface area contributed by atoms with Crippen molar-refractivity contribution in [2.75, 3.05) is 7.11 Å². The molecule has 1 N–H and O–H groups in total. The number of oxazole rings is 1. The molecule has 0 spiro atoms. The molecule has 100 valence electrons. The van der Waals surface area contributed by atoms with Crippen molar-refractivity contribution >= 4 is 17.1 Å². The molecule has 3 aromatic rings. The van der Waals surface area contributed by atoms with Crippen LogP contribution in [-0.4, -0.2) is 23.2 Å². The van der Waals surface area contributed by atoms with Gasteiger partial charge in [-0.1, -0.05) is 0 Å². The zero-order chi connectivity index (χ0) is 14.1.